The Morgan fingerprint density at radius 1 is 0.967 bits per heavy atom. The van der Waals surface area contributed by atoms with E-state index in [-0.39, 0.29) is 6.09 Å². The first-order valence-electron chi connectivity index (χ1n) is 11.6. The van der Waals surface area contributed by atoms with Gasteiger partial charge < -0.3 is 9.64 Å². The third kappa shape index (κ3) is 4.80. The van der Waals surface area contributed by atoms with Gasteiger partial charge in [0.25, 0.3) is 0 Å². The molecule has 1 amide bonds. The number of carbonyl (C=O) groups is 1. The van der Waals surface area contributed by atoms with E-state index in [9.17, 15) is 4.79 Å². The number of amides is 1. The van der Waals surface area contributed by atoms with E-state index in [1.54, 1.807) is 5.19 Å². The van der Waals surface area contributed by atoms with E-state index >= 15 is 0 Å². The summed E-state index contributed by atoms with van der Waals surface area (Å²) >= 11 is 0. The average Bonchev–Trinajstić information content (AvgIpc) is 2.78. The Bertz CT molecular complexity index is 823. The zero-order chi connectivity index (χ0) is 21.0. The van der Waals surface area contributed by atoms with Gasteiger partial charge in [-0.25, -0.2) is 4.79 Å². The fraction of sp³-hybridized carbons (Fsp3) is 0.500. The smallest absolute Gasteiger partial charge is 0.410 e. The minimum atomic E-state index is -1.49. The standard InChI is InChI=1S/C26H35NO2Si/c1-30(2,23-14-7-4-8-15-23)20-22-13-9-17-25-24(22)16-10-18-27(25)26(28)29-19-21-11-5-3-6-12-21/h3-8,11-12,14-15,22,24-25H,9-10,13,16-20H2,1-2H3/t22-,24-,25-/m0/s1. The van der Waals surface area contributed by atoms with E-state index in [0.29, 0.717) is 18.6 Å². The Labute approximate surface area is 182 Å². The van der Waals surface area contributed by atoms with Gasteiger partial charge in [-0.05, 0) is 36.7 Å². The summed E-state index contributed by atoms with van der Waals surface area (Å²) in [6.07, 6.45) is 5.93. The Morgan fingerprint density at radius 2 is 1.67 bits per heavy atom. The lowest BCUT2D eigenvalue weighted by Gasteiger charge is -2.48. The number of rotatable bonds is 5. The van der Waals surface area contributed by atoms with Crippen LogP contribution in [0.5, 0.6) is 0 Å². The molecular weight excluding hydrogens is 386 g/mol. The number of likely N-dealkylation sites (tertiary alicyclic amines) is 1. The second kappa shape index (κ2) is 9.38. The molecule has 0 N–H and O–H groups in total. The predicted octanol–water partition coefficient (Wildman–Crippen LogP) is 5.82. The van der Waals surface area contributed by atoms with Gasteiger partial charge in [0.2, 0.25) is 0 Å². The molecule has 2 aromatic carbocycles. The molecule has 2 aromatic rings. The molecular formula is C26H35NO2Si. The number of hydrogen-bond donors (Lipinski definition) is 0. The first-order valence-corrected chi connectivity index (χ1v) is 14.8. The number of hydrogen-bond acceptors (Lipinski definition) is 2. The largest absolute Gasteiger partial charge is 0.445 e. The number of fused-ring (bicyclic) bond motifs is 1. The van der Waals surface area contributed by atoms with Gasteiger partial charge >= 0.3 is 6.09 Å². The van der Waals surface area contributed by atoms with Gasteiger partial charge in [0, 0.05) is 12.6 Å². The van der Waals surface area contributed by atoms with Crippen molar-refractivity contribution in [1.82, 2.24) is 4.90 Å². The van der Waals surface area contributed by atoms with E-state index in [1.165, 1.54) is 25.3 Å². The van der Waals surface area contributed by atoms with Gasteiger partial charge in [-0.2, -0.15) is 0 Å². The summed E-state index contributed by atoms with van der Waals surface area (Å²) in [4.78, 5) is 15.0. The topological polar surface area (TPSA) is 29.5 Å². The molecule has 0 bridgehead atoms. The third-order valence-corrected chi connectivity index (χ3v) is 10.7. The Kier molecular flexibility index (Phi) is 6.62. The number of benzene rings is 2. The van der Waals surface area contributed by atoms with E-state index in [4.69, 9.17) is 4.74 Å². The van der Waals surface area contributed by atoms with E-state index in [2.05, 4.69) is 48.3 Å². The summed E-state index contributed by atoms with van der Waals surface area (Å²) in [5, 5.41) is 1.56. The fourth-order valence-electron chi connectivity index (χ4n) is 5.75. The van der Waals surface area contributed by atoms with Crippen molar-refractivity contribution >= 4 is 19.4 Å². The van der Waals surface area contributed by atoms with Gasteiger partial charge in [0.1, 0.15) is 6.61 Å². The molecule has 2 fully saturated rings. The molecule has 0 radical (unpaired) electrons. The van der Waals surface area contributed by atoms with Crippen LogP contribution >= 0.6 is 0 Å². The quantitative estimate of drug-likeness (QED) is 0.569. The molecule has 0 spiro atoms. The lowest BCUT2D eigenvalue weighted by Crippen LogP contribution is -2.54. The average molecular weight is 422 g/mol. The minimum Gasteiger partial charge on any atom is -0.445 e. The van der Waals surface area contributed by atoms with Crippen LogP contribution in [-0.4, -0.2) is 31.7 Å². The molecule has 1 aliphatic carbocycles. The first-order chi connectivity index (χ1) is 14.5. The molecule has 0 unspecified atom stereocenters. The molecule has 3 atom stereocenters. The lowest BCUT2D eigenvalue weighted by atomic mass is 9.72. The fourth-order valence-corrected chi connectivity index (χ4v) is 8.90. The number of piperidine rings is 1. The van der Waals surface area contributed by atoms with E-state index in [1.807, 2.05) is 30.3 Å². The summed E-state index contributed by atoms with van der Waals surface area (Å²) in [6, 6.07) is 22.8. The molecule has 160 valence electrons. The number of ether oxygens (including phenoxy) is 1. The van der Waals surface area contributed by atoms with Crippen molar-refractivity contribution < 1.29 is 9.53 Å². The van der Waals surface area contributed by atoms with Crippen LogP contribution in [0.15, 0.2) is 60.7 Å². The maximum absolute atomic E-state index is 13.0. The molecule has 4 rings (SSSR count). The molecule has 1 saturated carbocycles. The number of nitrogens with zero attached hydrogens (tertiary/aromatic N) is 1. The molecule has 1 saturated heterocycles. The third-order valence-electron chi connectivity index (χ3n) is 7.28. The van der Waals surface area contributed by atoms with Crippen LogP contribution in [0.4, 0.5) is 4.79 Å². The molecule has 0 aromatic heterocycles. The van der Waals surface area contributed by atoms with Crippen LogP contribution in [0.2, 0.25) is 19.1 Å². The Balaban J connectivity index is 1.42. The second-order valence-corrected chi connectivity index (χ2v) is 14.5. The Hall–Kier alpha value is -2.07. The molecule has 3 nitrogen and oxygen atoms in total. The zero-order valence-corrected chi connectivity index (χ0v) is 19.4. The monoisotopic (exact) mass is 421 g/mol. The molecule has 1 aliphatic heterocycles. The van der Waals surface area contributed by atoms with Crippen molar-refractivity contribution in [1.29, 1.82) is 0 Å². The number of carbonyl (C=O) groups excluding carboxylic acids is 1. The van der Waals surface area contributed by atoms with Gasteiger partial charge in [-0.15, -0.1) is 0 Å². The molecule has 30 heavy (non-hydrogen) atoms. The van der Waals surface area contributed by atoms with Crippen LogP contribution in [0.1, 0.15) is 37.7 Å². The van der Waals surface area contributed by atoms with Gasteiger partial charge in [0.05, 0.1) is 8.07 Å². The SMILES string of the molecule is C[Si](C)(C[C@@H]1CCC[C@H]2[C@H]1CCCN2C(=O)OCc1ccccc1)c1ccccc1. The summed E-state index contributed by atoms with van der Waals surface area (Å²) in [6.45, 7) is 6.24. The highest BCUT2D eigenvalue weighted by molar-refractivity contribution is 6.89. The summed E-state index contributed by atoms with van der Waals surface area (Å²) < 4.78 is 5.72. The van der Waals surface area contributed by atoms with Gasteiger partial charge in [-0.1, -0.05) is 97.8 Å². The lowest BCUT2D eigenvalue weighted by molar-refractivity contribution is 0.0169. The van der Waals surface area contributed by atoms with Crippen LogP contribution in [-0.2, 0) is 11.3 Å². The van der Waals surface area contributed by atoms with Crippen molar-refractivity contribution in [3.05, 3.63) is 66.2 Å². The van der Waals surface area contributed by atoms with Crippen molar-refractivity contribution in [2.75, 3.05) is 6.54 Å². The maximum Gasteiger partial charge on any atom is 0.410 e. The highest BCUT2D eigenvalue weighted by atomic mass is 28.3. The van der Waals surface area contributed by atoms with Crippen molar-refractivity contribution in [2.45, 2.75) is 63.9 Å². The van der Waals surface area contributed by atoms with Crippen molar-refractivity contribution in [3.8, 4) is 0 Å². The molecule has 4 heteroatoms. The van der Waals surface area contributed by atoms with E-state index in [0.717, 1.165) is 30.9 Å². The predicted molar refractivity (Wildman–Crippen MR) is 126 cm³/mol. The van der Waals surface area contributed by atoms with Crippen LogP contribution in [0, 0.1) is 11.8 Å². The maximum atomic E-state index is 13.0. The highest BCUT2D eigenvalue weighted by Crippen LogP contribution is 2.43. The van der Waals surface area contributed by atoms with Crippen molar-refractivity contribution in [3.63, 3.8) is 0 Å². The zero-order valence-electron chi connectivity index (χ0n) is 18.4. The summed E-state index contributed by atoms with van der Waals surface area (Å²) in [7, 11) is -1.49. The van der Waals surface area contributed by atoms with Crippen LogP contribution < -0.4 is 5.19 Å². The highest BCUT2D eigenvalue weighted by Gasteiger charge is 2.43. The van der Waals surface area contributed by atoms with Gasteiger partial charge in [-0.3, -0.25) is 0 Å². The summed E-state index contributed by atoms with van der Waals surface area (Å²) in [5.41, 5.74) is 1.05. The molecule has 2 aliphatic rings. The van der Waals surface area contributed by atoms with Gasteiger partial charge in [0.15, 0.2) is 0 Å². The molecule has 1 heterocycles. The van der Waals surface area contributed by atoms with E-state index < -0.39 is 8.07 Å². The minimum absolute atomic E-state index is 0.117. The summed E-state index contributed by atoms with van der Waals surface area (Å²) in [5.74, 6) is 1.36. The second-order valence-electron chi connectivity index (χ2n) is 9.75. The first kappa shape index (κ1) is 21.2. The van der Waals surface area contributed by atoms with Crippen LogP contribution in [0.25, 0.3) is 0 Å². The Morgan fingerprint density at radius 3 is 2.40 bits per heavy atom. The normalized spacial score (nSPS) is 24.2. The van der Waals surface area contributed by atoms with Crippen molar-refractivity contribution in [2.24, 2.45) is 11.8 Å². The van der Waals surface area contributed by atoms with Crippen LogP contribution in [0.3, 0.4) is 0 Å².